The number of nitrogens with zero attached hydrogens (tertiary/aromatic N) is 2. The van der Waals surface area contributed by atoms with Gasteiger partial charge in [-0.1, -0.05) is 11.6 Å². The minimum absolute atomic E-state index is 0.0473. The molecule has 1 aromatic heterocycles. The number of carbonyl (C=O) groups is 1. The third kappa shape index (κ3) is 3.28. The Kier molecular flexibility index (Phi) is 4.70. The number of carboxylic acid groups (broad SMARTS) is 1. The maximum absolute atomic E-state index is 11.3. The summed E-state index contributed by atoms with van der Waals surface area (Å²) in [5.74, 6) is -0.0231. The molecule has 0 atom stereocenters. The molecule has 0 spiro atoms. The molecule has 0 amide bonds. The van der Waals surface area contributed by atoms with Crippen LogP contribution < -0.4 is 9.47 Å². The van der Waals surface area contributed by atoms with Gasteiger partial charge in [0.1, 0.15) is 18.0 Å². The van der Waals surface area contributed by atoms with Crippen molar-refractivity contribution in [1.82, 2.24) is 9.55 Å². The molecule has 0 aliphatic heterocycles. The van der Waals surface area contributed by atoms with Gasteiger partial charge in [-0.25, -0.2) is 9.78 Å². The molecule has 1 aromatic carbocycles. The van der Waals surface area contributed by atoms with E-state index in [-0.39, 0.29) is 28.7 Å². The van der Waals surface area contributed by atoms with Crippen molar-refractivity contribution in [1.29, 1.82) is 0 Å². The summed E-state index contributed by atoms with van der Waals surface area (Å²) in [7, 11) is 1.43. The standard InChI is InChI=1S/C14H15ClN2O4/c1-3-17-5-4-16-12(17)8-21-13-10(14(18)19)6-9(15)7-11(13)20-2/h4-7H,3,8H2,1-2H3,(H,18,19). The molecular formula is C14H15ClN2O4. The fourth-order valence-electron chi connectivity index (χ4n) is 1.93. The molecule has 7 heteroatoms. The number of aryl methyl sites for hydroxylation is 1. The molecule has 1 heterocycles. The summed E-state index contributed by atoms with van der Waals surface area (Å²) in [4.78, 5) is 15.5. The molecule has 6 nitrogen and oxygen atoms in total. The van der Waals surface area contributed by atoms with Crippen LogP contribution in [0.3, 0.4) is 0 Å². The Labute approximate surface area is 126 Å². The van der Waals surface area contributed by atoms with Gasteiger partial charge in [0, 0.05) is 30.0 Å². The van der Waals surface area contributed by atoms with E-state index < -0.39 is 5.97 Å². The molecule has 0 aliphatic carbocycles. The van der Waals surface area contributed by atoms with Gasteiger partial charge >= 0.3 is 5.97 Å². The van der Waals surface area contributed by atoms with Crippen molar-refractivity contribution in [3.63, 3.8) is 0 Å². The summed E-state index contributed by atoms with van der Waals surface area (Å²) in [6.07, 6.45) is 3.50. The average molecular weight is 311 g/mol. The quantitative estimate of drug-likeness (QED) is 0.888. The Bertz CT molecular complexity index is 654. The molecule has 0 radical (unpaired) electrons. The predicted molar refractivity (Wildman–Crippen MR) is 77.2 cm³/mol. The first kappa shape index (κ1) is 15.2. The van der Waals surface area contributed by atoms with Gasteiger partial charge in [-0.2, -0.15) is 0 Å². The number of rotatable bonds is 6. The number of imidazole rings is 1. The monoisotopic (exact) mass is 310 g/mol. The minimum atomic E-state index is -1.13. The summed E-state index contributed by atoms with van der Waals surface area (Å²) >= 11 is 5.88. The van der Waals surface area contributed by atoms with Crippen molar-refractivity contribution in [3.8, 4) is 11.5 Å². The van der Waals surface area contributed by atoms with Crippen molar-refractivity contribution in [2.24, 2.45) is 0 Å². The van der Waals surface area contributed by atoms with Gasteiger partial charge in [0.2, 0.25) is 0 Å². The largest absolute Gasteiger partial charge is 0.493 e. The van der Waals surface area contributed by atoms with Gasteiger partial charge in [-0.05, 0) is 13.0 Å². The number of ether oxygens (including phenoxy) is 2. The van der Waals surface area contributed by atoms with Crippen molar-refractivity contribution in [3.05, 3.63) is 40.9 Å². The second-order valence-corrected chi connectivity index (χ2v) is 4.64. The highest BCUT2D eigenvalue weighted by molar-refractivity contribution is 6.31. The number of hydrogen-bond donors (Lipinski definition) is 1. The number of benzene rings is 1. The van der Waals surface area contributed by atoms with Gasteiger partial charge in [0.25, 0.3) is 0 Å². The zero-order valence-electron chi connectivity index (χ0n) is 11.7. The number of hydrogen-bond acceptors (Lipinski definition) is 4. The SMILES string of the molecule is CCn1ccnc1COc1c(OC)cc(Cl)cc1C(=O)O. The van der Waals surface area contributed by atoms with E-state index in [9.17, 15) is 9.90 Å². The van der Waals surface area contributed by atoms with E-state index in [0.717, 1.165) is 6.54 Å². The van der Waals surface area contributed by atoms with Crippen LogP contribution in [0.25, 0.3) is 0 Å². The van der Waals surface area contributed by atoms with Gasteiger partial charge < -0.3 is 19.1 Å². The third-order valence-corrected chi connectivity index (χ3v) is 3.18. The van der Waals surface area contributed by atoms with Crippen LogP contribution in [0.1, 0.15) is 23.1 Å². The molecule has 2 rings (SSSR count). The lowest BCUT2D eigenvalue weighted by molar-refractivity contribution is 0.0690. The maximum atomic E-state index is 11.3. The highest BCUT2D eigenvalue weighted by Gasteiger charge is 2.19. The van der Waals surface area contributed by atoms with Gasteiger partial charge in [0.05, 0.1) is 7.11 Å². The highest BCUT2D eigenvalue weighted by atomic mass is 35.5. The van der Waals surface area contributed by atoms with Crippen LogP contribution in [0, 0.1) is 0 Å². The molecule has 0 unspecified atom stereocenters. The summed E-state index contributed by atoms with van der Waals surface area (Å²) in [5, 5.41) is 9.52. The molecular weight excluding hydrogens is 296 g/mol. The lowest BCUT2D eigenvalue weighted by atomic mass is 10.2. The average Bonchev–Trinajstić information content (AvgIpc) is 2.92. The molecule has 0 aliphatic rings. The normalized spacial score (nSPS) is 10.4. The molecule has 2 aromatic rings. The molecule has 0 saturated carbocycles. The van der Waals surface area contributed by atoms with Crippen LogP contribution >= 0.6 is 11.6 Å². The Balaban J connectivity index is 2.32. The zero-order valence-corrected chi connectivity index (χ0v) is 12.4. The first-order valence-corrected chi connectivity index (χ1v) is 6.68. The topological polar surface area (TPSA) is 73.6 Å². The van der Waals surface area contributed by atoms with Crippen molar-refractivity contribution >= 4 is 17.6 Å². The van der Waals surface area contributed by atoms with E-state index in [4.69, 9.17) is 21.1 Å². The van der Waals surface area contributed by atoms with E-state index >= 15 is 0 Å². The van der Waals surface area contributed by atoms with Crippen LogP contribution in [0.5, 0.6) is 11.5 Å². The Hall–Kier alpha value is -2.21. The van der Waals surface area contributed by atoms with Crippen LogP contribution in [-0.4, -0.2) is 27.7 Å². The maximum Gasteiger partial charge on any atom is 0.339 e. The Morgan fingerprint density at radius 3 is 2.86 bits per heavy atom. The summed E-state index contributed by atoms with van der Waals surface area (Å²) in [6, 6.07) is 2.84. The van der Waals surface area contributed by atoms with E-state index in [1.165, 1.54) is 19.2 Å². The van der Waals surface area contributed by atoms with Gasteiger partial charge in [-0.3, -0.25) is 0 Å². The zero-order chi connectivity index (χ0) is 15.4. The number of methoxy groups -OCH3 is 1. The van der Waals surface area contributed by atoms with E-state index in [2.05, 4.69) is 4.98 Å². The lowest BCUT2D eigenvalue weighted by Gasteiger charge is -2.14. The molecule has 0 fully saturated rings. The smallest absolute Gasteiger partial charge is 0.339 e. The number of aromatic carboxylic acids is 1. The van der Waals surface area contributed by atoms with E-state index in [1.807, 2.05) is 17.7 Å². The summed E-state index contributed by atoms with van der Waals surface area (Å²) < 4.78 is 12.7. The molecule has 112 valence electrons. The number of carboxylic acids is 1. The van der Waals surface area contributed by atoms with E-state index in [0.29, 0.717) is 5.82 Å². The highest BCUT2D eigenvalue weighted by Crippen LogP contribution is 2.35. The van der Waals surface area contributed by atoms with Crippen molar-refractivity contribution in [2.75, 3.05) is 7.11 Å². The van der Waals surface area contributed by atoms with Gasteiger partial charge in [0.15, 0.2) is 11.5 Å². The van der Waals surface area contributed by atoms with Crippen LogP contribution in [0.4, 0.5) is 0 Å². The first-order valence-electron chi connectivity index (χ1n) is 6.30. The minimum Gasteiger partial charge on any atom is -0.493 e. The second-order valence-electron chi connectivity index (χ2n) is 4.21. The first-order chi connectivity index (χ1) is 10.1. The van der Waals surface area contributed by atoms with Crippen LogP contribution in [0.15, 0.2) is 24.5 Å². The Morgan fingerprint density at radius 1 is 1.48 bits per heavy atom. The number of halogens is 1. The van der Waals surface area contributed by atoms with E-state index in [1.54, 1.807) is 6.20 Å². The Morgan fingerprint density at radius 2 is 2.24 bits per heavy atom. The molecule has 0 saturated heterocycles. The third-order valence-electron chi connectivity index (χ3n) is 2.96. The van der Waals surface area contributed by atoms with Crippen molar-refractivity contribution < 1.29 is 19.4 Å². The van der Waals surface area contributed by atoms with Gasteiger partial charge in [-0.15, -0.1) is 0 Å². The predicted octanol–water partition coefficient (Wildman–Crippen LogP) is 2.84. The van der Waals surface area contributed by atoms with Crippen LogP contribution in [-0.2, 0) is 13.2 Å². The molecule has 1 N–H and O–H groups in total. The van der Waals surface area contributed by atoms with Crippen molar-refractivity contribution in [2.45, 2.75) is 20.1 Å². The fraction of sp³-hybridized carbons (Fsp3) is 0.286. The fourth-order valence-corrected chi connectivity index (χ4v) is 2.14. The number of aromatic nitrogens is 2. The summed E-state index contributed by atoms with van der Waals surface area (Å²) in [6.45, 7) is 2.87. The molecule has 21 heavy (non-hydrogen) atoms. The summed E-state index contributed by atoms with van der Waals surface area (Å²) in [5.41, 5.74) is -0.0473. The lowest BCUT2D eigenvalue weighted by Crippen LogP contribution is -2.09. The second kappa shape index (κ2) is 6.49. The van der Waals surface area contributed by atoms with Crippen LogP contribution in [0.2, 0.25) is 5.02 Å². The molecule has 0 bridgehead atoms.